The van der Waals surface area contributed by atoms with Gasteiger partial charge in [0.25, 0.3) is 0 Å². The van der Waals surface area contributed by atoms with E-state index in [0.717, 1.165) is 12.8 Å². The van der Waals surface area contributed by atoms with Crippen LogP contribution in [0.15, 0.2) is 12.2 Å². The van der Waals surface area contributed by atoms with Gasteiger partial charge in [-0.3, -0.25) is 0 Å². The van der Waals surface area contributed by atoms with Crippen LogP contribution >= 0.6 is 0 Å². The molecule has 0 aliphatic heterocycles. The van der Waals surface area contributed by atoms with Crippen molar-refractivity contribution in [3.63, 3.8) is 0 Å². The molecule has 2 nitrogen and oxygen atoms in total. The lowest BCUT2D eigenvalue weighted by atomic mass is 10.0. The summed E-state index contributed by atoms with van der Waals surface area (Å²) in [6, 6.07) is 2.18. The summed E-state index contributed by atoms with van der Waals surface area (Å²) < 4.78 is 0. The molecule has 1 unspecified atom stereocenters. The molecule has 0 fully saturated rings. The average Bonchev–Trinajstić information content (AvgIpc) is 2.64. The maximum atomic E-state index is 8.55. The van der Waals surface area contributed by atoms with Crippen molar-refractivity contribution in [3.8, 4) is 6.07 Å². The Hall–Kier alpha value is -0.810. The summed E-state index contributed by atoms with van der Waals surface area (Å²) >= 11 is 0. The van der Waals surface area contributed by atoms with Crippen LogP contribution in [-0.4, -0.2) is 6.04 Å². The van der Waals surface area contributed by atoms with Crippen LogP contribution in [0.5, 0.6) is 0 Å². The van der Waals surface area contributed by atoms with Crippen molar-refractivity contribution in [1.82, 2.24) is 0 Å². The zero-order valence-corrected chi connectivity index (χ0v) is 17.7. The lowest BCUT2D eigenvalue weighted by molar-refractivity contribution is 0.533. The third kappa shape index (κ3) is 21.2. The lowest BCUT2D eigenvalue weighted by Gasteiger charge is -2.03. The van der Waals surface area contributed by atoms with E-state index in [1.54, 1.807) is 0 Å². The fourth-order valence-corrected chi connectivity index (χ4v) is 3.40. The highest BCUT2D eigenvalue weighted by atomic mass is 14.6. The standard InChI is InChI=1S/C24H46N2/c1-2-3-4-5-6-7-8-9-10-11-12-13-14-15-16-17-18-19-20-21-24(26)22-23-25/h18-19,24H,2-17,20-22,26H2,1H3. The van der Waals surface area contributed by atoms with Gasteiger partial charge in [-0.2, -0.15) is 5.26 Å². The number of hydrogen-bond donors (Lipinski definition) is 1. The number of nitriles is 1. The minimum absolute atomic E-state index is 0.0513. The van der Waals surface area contributed by atoms with Crippen molar-refractivity contribution < 1.29 is 0 Å². The average molecular weight is 363 g/mol. The van der Waals surface area contributed by atoms with Crippen LogP contribution in [0.1, 0.15) is 129 Å². The van der Waals surface area contributed by atoms with E-state index in [-0.39, 0.29) is 6.04 Å². The summed E-state index contributed by atoms with van der Waals surface area (Å²) in [4.78, 5) is 0. The molecular formula is C24H46N2. The summed E-state index contributed by atoms with van der Waals surface area (Å²) in [5.74, 6) is 0. The topological polar surface area (TPSA) is 49.8 Å². The smallest absolute Gasteiger partial charge is 0.0638 e. The van der Waals surface area contributed by atoms with E-state index in [0.29, 0.717) is 6.42 Å². The molecule has 0 heterocycles. The molecule has 0 aliphatic carbocycles. The molecule has 0 spiro atoms. The van der Waals surface area contributed by atoms with E-state index in [4.69, 9.17) is 11.0 Å². The predicted molar refractivity (Wildman–Crippen MR) is 116 cm³/mol. The summed E-state index contributed by atoms with van der Waals surface area (Å²) in [5.41, 5.74) is 5.80. The molecule has 0 aromatic rings. The predicted octanol–water partition coefficient (Wildman–Crippen LogP) is 7.83. The van der Waals surface area contributed by atoms with Crippen LogP contribution in [0, 0.1) is 11.3 Å². The number of rotatable bonds is 20. The van der Waals surface area contributed by atoms with E-state index < -0.39 is 0 Å². The van der Waals surface area contributed by atoms with Crippen LogP contribution < -0.4 is 5.73 Å². The van der Waals surface area contributed by atoms with Gasteiger partial charge in [0.05, 0.1) is 12.5 Å². The van der Waals surface area contributed by atoms with Crippen LogP contribution in [0.25, 0.3) is 0 Å². The first-order valence-corrected chi connectivity index (χ1v) is 11.6. The number of unbranched alkanes of at least 4 members (excludes halogenated alkanes) is 15. The summed E-state index contributed by atoms with van der Waals surface area (Å²) in [7, 11) is 0. The molecule has 0 radical (unpaired) electrons. The van der Waals surface area contributed by atoms with Gasteiger partial charge in [0.15, 0.2) is 0 Å². The van der Waals surface area contributed by atoms with Crippen molar-refractivity contribution in [2.75, 3.05) is 0 Å². The molecule has 0 saturated carbocycles. The Morgan fingerprint density at radius 3 is 1.58 bits per heavy atom. The minimum atomic E-state index is 0.0513. The van der Waals surface area contributed by atoms with E-state index in [1.165, 1.54) is 103 Å². The highest BCUT2D eigenvalue weighted by Gasteiger charge is 1.98. The fraction of sp³-hybridized carbons (Fsp3) is 0.875. The second kappa shape index (κ2) is 22.2. The number of allylic oxidation sites excluding steroid dienone is 2. The van der Waals surface area contributed by atoms with Crippen LogP contribution in [-0.2, 0) is 0 Å². The Balaban J connectivity index is 3.10. The Kier molecular flexibility index (Phi) is 21.5. The number of nitrogens with two attached hydrogens (primary N) is 1. The number of hydrogen-bond acceptors (Lipinski definition) is 2. The maximum Gasteiger partial charge on any atom is 0.0638 e. The van der Waals surface area contributed by atoms with Gasteiger partial charge in [0.2, 0.25) is 0 Å². The largest absolute Gasteiger partial charge is 0.327 e. The van der Waals surface area contributed by atoms with Gasteiger partial charge >= 0.3 is 0 Å². The molecule has 0 rings (SSSR count). The molecular weight excluding hydrogens is 316 g/mol. The van der Waals surface area contributed by atoms with Crippen LogP contribution in [0.3, 0.4) is 0 Å². The first-order valence-electron chi connectivity index (χ1n) is 11.6. The van der Waals surface area contributed by atoms with E-state index in [9.17, 15) is 0 Å². The highest BCUT2D eigenvalue weighted by Crippen LogP contribution is 2.13. The van der Waals surface area contributed by atoms with E-state index >= 15 is 0 Å². The van der Waals surface area contributed by atoms with Gasteiger partial charge in [0.1, 0.15) is 0 Å². The normalized spacial score (nSPS) is 12.5. The molecule has 0 bridgehead atoms. The second-order valence-electron chi connectivity index (χ2n) is 7.91. The van der Waals surface area contributed by atoms with Crippen molar-refractivity contribution in [2.45, 2.75) is 135 Å². The Morgan fingerprint density at radius 2 is 1.12 bits per heavy atom. The van der Waals surface area contributed by atoms with Crippen LogP contribution in [0.4, 0.5) is 0 Å². The first kappa shape index (κ1) is 25.2. The van der Waals surface area contributed by atoms with Crippen molar-refractivity contribution in [2.24, 2.45) is 5.73 Å². The molecule has 0 amide bonds. The summed E-state index contributed by atoms with van der Waals surface area (Å²) in [6.45, 7) is 2.29. The van der Waals surface area contributed by atoms with E-state index in [1.807, 2.05) is 0 Å². The SMILES string of the molecule is CCCCCCCCCCCCCCCCCC=CCCC(N)CC#N. The molecule has 0 aliphatic rings. The Morgan fingerprint density at radius 1 is 0.692 bits per heavy atom. The molecule has 26 heavy (non-hydrogen) atoms. The Bertz CT molecular complexity index is 330. The van der Waals surface area contributed by atoms with Gasteiger partial charge < -0.3 is 5.73 Å². The molecule has 1 atom stereocenters. The van der Waals surface area contributed by atoms with Gasteiger partial charge in [-0.15, -0.1) is 0 Å². The molecule has 0 aromatic heterocycles. The molecule has 2 N–H and O–H groups in total. The molecule has 152 valence electrons. The summed E-state index contributed by atoms with van der Waals surface area (Å²) in [5, 5.41) is 8.55. The van der Waals surface area contributed by atoms with Gasteiger partial charge in [-0.1, -0.05) is 109 Å². The third-order valence-corrected chi connectivity index (χ3v) is 5.20. The molecule has 0 saturated heterocycles. The second-order valence-corrected chi connectivity index (χ2v) is 7.91. The van der Waals surface area contributed by atoms with E-state index in [2.05, 4.69) is 25.1 Å². The maximum absolute atomic E-state index is 8.55. The third-order valence-electron chi connectivity index (χ3n) is 5.20. The zero-order chi connectivity index (χ0) is 19.1. The zero-order valence-electron chi connectivity index (χ0n) is 17.7. The van der Waals surface area contributed by atoms with Crippen LogP contribution in [0.2, 0.25) is 0 Å². The molecule has 0 aromatic carbocycles. The fourth-order valence-electron chi connectivity index (χ4n) is 3.40. The van der Waals surface area contributed by atoms with Gasteiger partial charge in [-0.25, -0.2) is 0 Å². The highest BCUT2D eigenvalue weighted by molar-refractivity contribution is 4.85. The Labute approximate surface area is 164 Å². The van der Waals surface area contributed by atoms with Crippen molar-refractivity contribution >= 4 is 0 Å². The van der Waals surface area contributed by atoms with Gasteiger partial charge in [0, 0.05) is 6.04 Å². The van der Waals surface area contributed by atoms with Gasteiger partial charge in [-0.05, 0) is 25.7 Å². The number of nitrogens with zero attached hydrogens (tertiary/aromatic N) is 1. The van der Waals surface area contributed by atoms with Crippen molar-refractivity contribution in [3.05, 3.63) is 12.2 Å². The quantitative estimate of drug-likeness (QED) is 0.177. The minimum Gasteiger partial charge on any atom is -0.327 e. The molecule has 2 heteroatoms. The monoisotopic (exact) mass is 362 g/mol. The van der Waals surface area contributed by atoms with Crippen molar-refractivity contribution in [1.29, 1.82) is 5.26 Å². The summed E-state index contributed by atoms with van der Waals surface area (Å²) in [6.07, 6.45) is 29.5. The lowest BCUT2D eigenvalue weighted by Crippen LogP contribution is -2.18. The first-order chi connectivity index (χ1) is 12.8.